The van der Waals surface area contributed by atoms with E-state index in [1.807, 2.05) is 6.20 Å². The molecule has 0 saturated carbocycles. The normalized spacial score (nSPS) is 10.6. The molecule has 4 nitrogen and oxygen atoms in total. The third-order valence-electron chi connectivity index (χ3n) is 3.17. The van der Waals surface area contributed by atoms with Crippen LogP contribution in [0.2, 0.25) is 0 Å². The second-order valence-corrected chi connectivity index (χ2v) is 5.05. The summed E-state index contributed by atoms with van der Waals surface area (Å²) in [7, 11) is 1.68. The standard InChI is InChI=1S/C14H24ClN3O/c1-16-14(19)8-4-3-7-13-9-11-17-18(13)12-6-2-5-10-15/h9,11H,2-8,10,12H2,1H3,(H,16,19). The van der Waals surface area contributed by atoms with Gasteiger partial charge in [-0.25, -0.2) is 0 Å². The van der Waals surface area contributed by atoms with Gasteiger partial charge in [0.2, 0.25) is 5.91 Å². The van der Waals surface area contributed by atoms with Gasteiger partial charge in [0.25, 0.3) is 0 Å². The summed E-state index contributed by atoms with van der Waals surface area (Å²) in [6.07, 6.45) is 8.77. The van der Waals surface area contributed by atoms with E-state index in [9.17, 15) is 4.79 Å². The van der Waals surface area contributed by atoms with Crippen molar-refractivity contribution in [2.24, 2.45) is 0 Å². The van der Waals surface area contributed by atoms with Gasteiger partial charge in [-0.15, -0.1) is 11.6 Å². The zero-order chi connectivity index (χ0) is 13.9. The molecular formula is C14H24ClN3O. The highest BCUT2D eigenvalue weighted by Gasteiger charge is 2.03. The number of amides is 1. The van der Waals surface area contributed by atoms with Crippen LogP contribution in [0.25, 0.3) is 0 Å². The molecule has 0 atom stereocenters. The molecule has 0 aliphatic heterocycles. The summed E-state index contributed by atoms with van der Waals surface area (Å²) >= 11 is 5.66. The second kappa shape index (κ2) is 9.84. The van der Waals surface area contributed by atoms with E-state index < -0.39 is 0 Å². The zero-order valence-electron chi connectivity index (χ0n) is 11.7. The quantitative estimate of drug-likeness (QED) is 0.531. The van der Waals surface area contributed by atoms with Crippen molar-refractivity contribution in [2.45, 2.75) is 51.5 Å². The first-order chi connectivity index (χ1) is 9.27. The topological polar surface area (TPSA) is 46.9 Å². The van der Waals surface area contributed by atoms with Crippen LogP contribution < -0.4 is 5.32 Å². The number of halogens is 1. The van der Waals surface area contributed by atoms with Gasteiger partial charge in [0, 0.05) is 37.8 Å². The van der Waals surface area contributed by atoms with Gasteiger partial charge in [0.15, 0.2) is 0 Å². The van der Waals surface area contributed by atoms with Crippen molar-refractivity contribution in [1.82, 2.24) is 15.1 Å². The summed E-state index contributed by atoms with van der Waals surface area (Å²) in [5, 5.41) is 6.99. The smallest absolute Gasteiger partial charge is 0.219 e. The second-order valence-electron chi connectivity index (χ2n) is 4.68. The van der Waals surface area contributed by atoms with E-state index in [0.717, 1.165) is 50.9 Å². The van der Waals surface area contributed by atoms with E-state index >= 15 is 0 Å². The van der Waals surface area contributed by atoms with Crippen molar-refractivity contribution in [3.63, 3.8) is 0 Å². The molecule has 0 spiro atoms. The van der Waals surface area contributed by atoms with E-state index in [-0.39, 0.29) is 5.91 Å². The summed E-state index contributed by atoms with van der Waals surface area (Å²) < 4.78 is 2.08. The minimum absolute atomic E-state index is 0.120. The van der Waals surface area contributed by atoms with Crippen molar-refractivity contribution in [1.29, 1.82) is 0 Å². The maximum atomic E-state index is 11.1. The molecule has 1 aromatic rings. The minimum Gasteiger partial charge on any atom is -0.359 e. The Kier molecular flexibility index (Phi) is 8.30. The van der Waals surface area contributed by atoms with Gasteiger partial charge in [-0.2, -0.15) is 5.10 Å². The van der Waals surface area contributed by atoms with Gasteiger partial charge in [0.05, 0.1) is 0 Å². The van der Waals surface area contributed by atoms with Crippen LogP contribution in [0, 0.1) is 0 Å². The molecule has 1 heterocycles. The first-order valence-electron chi connectivity index (χ1n) is 7.05. The summed E-state index contributed by atoms with van der Waals surface area (Å²) in [6.45, 7) is 0.967. The Bertz CT molecular complexity index is 365. The van der Waals surface area contributed by atoms with Crippen LogP contribution in [0.15, 0.2) is 12.3 Å². The molecule has 0 unspecified atom stereocenters. The Hall–Kier alpha value is -1.03. The molecule has 0 radical (unpaired) electrons. The van der Waals surface area contributed by atoms with E-state index in [1.54, 1.807) is 7.05 Å². The molecule has 1 aromatic heterocycles. The number of rotatable bonds is 10. The predicted molar refractivity (Wildman–Crippen MR) is 78.4 cm³/mol. The number of aryl methyl sites for hydroxylation is 2. The number of hydrogen-bond acceptors (Lipinski definition) is 2. The van der Waals surface area contributed by atoms with Crippen LogP contribution in [0.3, 0.4) is 0 Å². The Morgan fingerprint density at radius 3 is 2.89 bits per heavy atom. The van der Waals surface area contributed by atoms with Crippen LogP contribution in [-0.4, -0.2) is 28.6 Å². The summed E-state index contributed by atoms with van der Waals surface area (Å²) in [5.41, 5.74) is 1.27. The number of carbonyl (C=O) groups excluding carboxylic acids is 1. The van der Waals surface area contributed by atoms with E-state index in [1.165, 1.54) is 5.69 Å². The fourth-order valence-electron chi connectivity index (χ4n) is 2.02. The van der Waals surface area contributed by atoms with Crippen LogP contribution in [0.1, 0.15) is 44.2 Å². The molecule has 0 aliphatic carbocycles. The Morgan fingerprint density at radius 2 is 2.16 bits per heavy atom. The number of nitrogens with zero attached hydrogens (tertiary/aromatic N) is 2. The molecule has 1 rings (SSSR count). The van der Waals surface area contributed by atoms with Crippen molar-refractivity contribution in [3.05, 3.63) is 18.0 Å². The highest BCUT2D eigenvalue weighted by Crippen LogP contribution is 2.08. The van der Waals surface area contributed by atoms with Crippen LogP contribution in [0.4, 0.5) is 0 Å². The lowest BCUT2D eigenvalue weighted by Gasteiger charge is -2.07. The summed E-state index contributed by atoms with van der Waals surface area (Å²) in [4.78, 5) is 11.1. The van der Waals surface area contributed by atoms with Crippen molar-refractivity contribution in [2.75, 3.05) is 12.9 Å². The van der Waals surface area contributed by atoms with E-state index in [2.05, 4.69) is 21.2 Å². The molecule has 0 bridgehead atoms. The lowest BCUT2D eigenvalue weighted by molar-refractivity contribution is -0.120. The number of alkyl halides is 1. The average molecular weight is 286 g/mol. The summed E-state index contributed by atoms with van der Waals surface area (Å²) in [6, 6.07) is 2.07. The van der Waals surface area contributed by atoms with Gasteiger partial charge in [-0.05, 0) is 38.2 Å². The van der Waals surface area contributed by atoms with Crippen LogP contribution in [-0.2, 0) is 17.8 Å². The zero-order valence-corrected chi connectivity index (χ0v) is 12.5. The van der Waals surface area contributed by atoms with Gasteiger partial charge in [0.1, 0.15) is 0 Å². The molecule has 0 fully saturated rings. The lowest BCUT2D eigenvalue weighted by Crippen LogP contribution is -2.17. The van der Waals surface area contributed by atoms with Crippen LogP contribution >= 0.6 is 11.6 Å². The molecule has 1 amide bonds. The Morgan fingerprint density at radius 1 is 1.32 bits per heavy atom. The van der Waals surface area contributed by atoms with Crippen molar-refractivity contribution >= 4 is 17.5 Å². The number of carbonyl (C=O) groups is 1. The molecular weight excluding hydrogens is 262 g/mol. The SMILES string of the molecule is CNC(=O)CCCCc1ccnn1CCCCCCl. The Labute approximate surface area is 120 Å². The molecule has 5 heteroatoms. The van der Waals surface area contributed by atoms with Gasteiger partial charge in [-0.1, -0.05) is 6.42 Å². The predicted octanol–water partition coefficient (Wildman–Crippen LogP) is 2.75. The monoisotopic (exact) mass is 285 g/mol. The highest BCUT2D eigenvalue weighted by molar-refractivity contribution is 6.17. The first-order valence-corrected chi connectivity index (χ1v) is 7.58. The molecule has 108 valence electrons. The van der Waals surface area contributed by atoms with E-state index in [4.69, 9.17) is 11.6 Å². The number of aromatic nitrogens is 2. The third kappa shape index (κ3) is 6.62. The largest absolute Gasteiger partial charge is 0.359 e. The third-order valence-corrected chi connectivity index (χ3v) is 3.44. The maximum absolute atomic E-state index is 11.1. The average Bonchev–Trinajstić information content (AvgIpc) is 2.87. The molecule has 19 heavy (non-hydrogen) atoms. The highest BCUT2D eigenvalue weighted by atomic mass is 35.5. The number of hydrogen-bond donors (Lipinski definition) is 1. The first kappa shape index (κ1) is 16.0. The van der Waals surface area contributed by atoms with Gasteiger partial charge >= 0.3 is 0 Å². The van der Waals surface area contributed by atoms with Gasteiger partial charge < -0.3 is 5.32 Å². The fraction of sp³-hybridized carbons (Fsp3) is 0.714. The van der Waals surface area contributed by atoms with Crippen LogP contribution in [0.5, 0.6) is 0 Å². The molecule has 0 saturated heterocycles. The molecule has 1 N–H and O–H groups in total. The number of nitrogens with one attached hydrogen (secondary N) is 1. The molecule has 0 aromatic carbocycles. The summed E-state index contributed by atoms with van der Waals surface area (Å²) in [5.74, 6) is 0.862. The fourth-order valence-corrected chi connectivity index (χ4v) is 2.21. The van der Waals surface area contributed by atoms with Gasteiger partial charge in [-0.3, -0.25) is 9.48 Å². The molecule has 0 aliphatic rings. The van der Waals surface area contributed by atoms with Crippen molar-refractivity contribution in [3.8, 4) is 0 Å². The minimum atomic E-state index is 0.120. The van der Waals surface area contributed by atoms with E-state index in [0.29, 0.717) is 6.42 Å². The van der Waals surface area contributed by atoms with Crippen molar-refractivity contribution < 1.29 is 4.79 Å². The number of unbranched alkanes of at least 4 members (excludes halogenated alkanes) is 3. The lowest BCUT2D eigenvalue weighted by atomic mass is 10.1. The Balaban J connectivity index is 2.22. The maximum Gasteiger partial charge on any atom is 0.219 e.